The van der Waals surface area contributed by atoms with E-state index in [1.165, 1.54) is 0 Å². The fraction of sp³-hybridized carbons (Fsp3) is 0.464. The zero-order chi connectivity index (χ0) is 26.9. The van der Waals surface area contributed by atoms with Crippen LogP contribution in [-0.4, -0.2) is 69.0 Å². The van der Waals surface area contributed by atoms with Crippen molar-refractivity contribution < 1.29 is 28.3 Å². The Balaban J connectivity index is 1.19. The highest BCUT2D eigenvalue weighted by Gasteiger charge is 2.26. The summed E-state index contributed by atoms with van der Waals surface area (Å²) in [6, 6.07) is 11.4. The third-order valence-electron chi connectivity index (χ3n) is 6.82. The summed E-state index contributed by atoms with van der Waals surface area (Å²) in [5.74, 6) is 3.90. The number of aryl methyl sites for hydroxylation is 1. The van der Waals surface area contributed by atoms with Gasteiger partial charge in [-0.05, 0) is 74.7 Å². The third-order valence-corrected chi connectivity index (χ3v) is 6.82. The molecule has 0 bridgehead atoms. The molecule has 204 valence electrons. The number of methoxy groups -OCH3 is 4. The van der Waals surface area contributed by atoms with Gasteiger partial charge in [-0.15, -0.1) is 0 Å². The van der Waals surface area contributed by atoms with Gasteiger partial charge in [-0.1, -0.05) is 11.2 Å². The molecule has 2 aromatic carbocycles. The van der Waals surface area contributed by atoms with Crippen LogP contribution >= 0.6 is 0 Å². The summed E-state index contributed by atoms with van der Waals surface area (Å²) >= 11 is 0. The average Bonchev–Trinajstić information content (AvgIpc) is 3.43. The quantitative estimate of drug-likeness (QED) is 0.355. The molecular weight excluding hydrogens is 488 g/mol. The van der Waals surface area contributed by atoms with E-state index in [-0.39, 0.29) is 11.8 Å². The van der Waals surface area contributed by atoms with E-state index in [0.717, 1.165) is 55.6 Å². The van der Waals surface area contributed by atoms with Gasteiger partial charge in [-0.3, -0.25) is 9.69 Å². The van der Waals surface area contributed by atoms with E-state index >= 15 is 0 Å². The molecule has 1 saturated heterocycles. The van der Waals surface area contributed by atoms with Crippen LogP contribution in [0.1, 0.15) is 30.7 Å². The van der Waals surface area contributed by atoms with Gasteiger partial charge in [-0.2, -0.15) is 4.98 Å². The Hall–Kier alpha value is -3.79. The molecule has 0 aliphatic carbocycles. The number of carbonyl (C=O) groups excluding carboxylic acids is 1. The molecule has 10 nitrogen and oxygen atoms in total. The molecule has 4 rings (SSSR count). The summed E-state index contributed by atoms with van der Waals surface area (Å²) in [6.45, 7) is 2.81. The van der Waals surface area contributed by atoms with Gasteiger partial charge in [0.05, 0.1) is 35.0 Å². The molecule has 0 unspecified atom stereocenters. The molecule has 1 aliphatic rings. The van der Waals surface area contributed by atoms with Gasteiger partial charge in [0, 0.05) is 18.0 Å². The minimum absolute atomic E-state index is 0.0253. The van der Waals surface area contributed by atoms with Crippen LogP contribution in [0.4, 0.5) is 0 Å². The van der Waals surface area contributed by atoms with Crippen LogP contribution in [0.3, 0.4) is 0 Å². The number of rotatable bonds is 12. The van der Waals surface area contributed by atoms with Crippen molar-refractivity contribution in [3.8, 4) is 34.4 Å². The number of hydrogen-bond donors (Lipinski definition) is 1. The largest absolute Gasteiger partial charge is 0.493 e. The minimum atomic E-state index is 0.0253. The lowest BCUT2D eigenvalue weighted by Crippen LogP contribution is -2.40. The number of carbonyl (C=O) groups is 1. The van der Waals surface area contributed by atoms with Crippen LogP contribution in [0.2, 0.25) is 0 Å². The van der Waals surface area contributed by atoms with E-state index < -0.39 is 0 Å². The molecule has 0 radical (unpaired) electrons. The van der Waals surface area contributed by atoms with Crippen LogP contribution in [0.15, 0.2) is 40.9 Å². The predicted molar refractivity (Wildman–Crippen MR) is 142 cm³/mol. The Morgan fingerprint density at radius 1 is 0.947 bits per heavy atom. The smallest absolute Gasteiger partial charge is 0.241 e. The Kier molecular flexibility index (Phi) is 9.42. The van der Waals surface area contributed by atoms with Crippen molar-refractivity contribution in [2.24, 2.45) is 5.92 Å². The molecule has 1 N–H and O–H groups in total. The Bertz CT molecular complexity index is 1210. The van der Waals surface area contributed by atoms with Crippen molar-refractivity contribution in [1.29, 1.82) is 0 Å². The van der Waals surface area contributed by atoms with Gasteiger partial charge in [0.1, 0.15) is 0 Å². The maximum atomic E-state index is 12.7. The second-order valence-electron chi connectivity index (χ2n) is 9.22. The highest BCUT2D eigenvalue weighted by molar-refractivity contribution is 5.78. The summed E-state index contributed by atoms with van der Waals surface area (Å²) in [5, 5.41) is 7.23. The topological polar surface area (TPSA) is 108 Å². The van der Waals surface area contributed by atoms with Crippen molar-refractivity contribution in [2.75, 3.05) is 48.1 Å². The first-order chi connectivity index (χ1) is 18.5. The lowest BCUT2D eigenvalue weighted by atomic mass is 9.96. The van der Waals surface area contributed by atoms with Gasteiger partial charge in [0.25, 0.3) is 0 Å². The van der Waals surface area contributed by atoms with E-state index in [0.29, 0.717) is 42.1 Å². The molecule has 2 heterocycles. The molecule has 0 atom stereocenters. The summed E-state index contributed by atoms with van der Waals surface area (Å²) in [4.78, 5) is 19.5. The number of hydrogen-bond acceptors (Lipinski definition) is 9. The highest BCUT2D eigenvalue weighted by atomic mass is 16.5. The van der Waals surface area contributed by atoms with Crippen molar-refractivity contribution in [2.45, 2.75) is 32.2 Å². The molecule has 1 amide bonds. The monoisotopic (exact) mass is 524 g/mol. The van der Waals surface area contributed by atoms with Crippen molar-refractivity contribution in [1.82, 2.24) is 20.4 Å². The van der Waals surface area contributed by atoms with E-state index in [9.17, 15) is 4.79 Å². The van der Waals surface area contributed by atoms with E-state index in [2.05, 4.69) is 20.4 Å². The number of aromatic nitrogens is 2. The van der Waals surface area contributed by atoms with Crippen LogP contribution in [0, 0.1) is 5.92 Å². The SMILES string of the molecule is COc1ccc(CCCNC(=O)C2CCN(Cc3nc(-c4ccc(OC)c(OC)c4)no3)CC2)cc1OC. The highest BCUT2D eigenvalue weighted by Crippen LogP contribution is 2.31. The lowest BCUT2D eigenvalue weighted by Gasteiger charge is -2.30. The summed E-state index contributed by atoms with van der Waals surface area (Å²) < 4.78 is 26.8. The molecule has 1 aromatic heterocycles. The zero-order valence-corrected chi connectivity index (χ0v) is 22.5. The van der Waals surface area contributed by atoms with Crippen molar-refractivity contribution in [3.05, 3.63) is 47.9 Å². The van der Waals surface area contributed by atoms with Gasteiger partial charge >= 0.3 is 0 Å². The summed E-state index contributed by atoms with van der Waals surface area (Å²) in [6.07, 6.45) is 3.32. The Morgan fingerprint density at radius 3 is 2.29 bits per heavy atom. The molecule has 0 saturated carbocycles. The van der Waals surface area contributed by atoms with Crippen LogP contribution in [0.25, 0.3) is 11.4 Å². The second kappa shape index (κ2) is 13.1. The molecule has 1 fully saturated rings. The van der Waals surface area contributed by atoms with E-state index in [4.69, 9.17) is 23.5 Å². The molecule has 3 aromatic rings. The van der Waals surface area contributed by atoms with E-state index in [1.807, 2.05) is 36.4 Å². The third kappa shape index (κ3) is 6.74. The van der Waals surface area contributed by atoms with Crippen LogP contribution in [0.5, 0.6) is 23.0 Å². The zero-order valence-electron chi connectivity index (χ0n) is 22.5. The Morgan fingerprint density at radius 2 is 1.61 bits per heavy atom. The first kappa shape index (κ1) is 27.3. The maximum absolute atomic E-state index is 12.7. The summed E-state index contributed by atoms with van der Waals surface area (Å²) in [7, 11) is 6.44. The second-order valence-corrected chi connectivity index (χ2v) is 9.22. The number of nitrogens with zero attached hydrogens (tertiary/aromatic N) is 3. The molecule has 38 heavy (non-hydrogen) atoms. The molecule has 0 spiro atoms. The lowest BCUT2D eigenvalue weighted by molar-refractivity contribution is -0.126. The number of piperidine rings is 1. The number of likely N-dealkylation sites (tertiary alicyclic amines) is 1. The summed E-state index contributed by atoms with van der Waals surface area (Å²) in [5.41, 5.74) is 1.94. The van der Waals surface area contributed by atoms with Gasteiger partial charge in [0.2, 0.25) is 17.6 Å². The number of ether oxygens (including phenoxy) is 4. The minimum Gasteiger partial charge on any atom is -0.493 e. The van der Waals surface area contributed by atoms with Crippen molar-refractivity contribution in [3.63, 3.8) is 0 Å². The van der Waals surface area contributed by atoms with Gasteiger partial charge in [-0.25, -0.2) is 0 Å². The van der Waals surface area contributed by atoms with Crippen LogP contribution < -0.4 is 24.3 Å². The standard InChI is InChI=1S/C28H36N4O6/c1-34-22-9-7-19(16-24(22)36-3)6-5-13-29-28(33)20-11-14-32(15-12-20)18-26-30-27(31-38-26)21-8-10-23(35-2)25(17-21)37-4/h7-10,16-17,20H,5-6,11-15,18H2,1-4H3,(H,29,33). The van der Waals surface area contributed by atoms with E-state index in [1.54, 1.807) is 28.4 Å². The van der Waals surface area contributed by atoms with Gasteiger partial charge in [0.15, 0.2) is 23.0 Å². The number of amides is 1. The van der Waals surface area contributed by atoms with Gasteiger partial charge < -0.3 is 28.8 Å². The maximum Gasteiger partial charge on any atom is 0.241 e. The average molecular weight is 525 g/mol. The van der Waals surface area contributed by atoms with Crippen LogP contribution in [-0.2, 0) is 17.8 Å². The molecule has 1 aliphatic heterocycles. The Labute approximate surface area is 223 Å². The normalized spacial score (nSPS) is 14.2. The fourth-order valence-electron chi connectivity index (χ4n) is 4.64. The number of nitrogens with one attached hydrogen (secondary N) is 1. The fourth-order valence-corrected chi connectivity index (χ4v) is 4.64. The van der Waals surface area contributed by atoms with Crippen molar-refractivity contribution >= 4 is 5.91 Å². The first-order valence-electron chi connectivity index (χ1n) is 12.8. The predicted octanol–water partition coefficient (Wildman–Crippen LogP) is 3.73. The first-order valence-corrected chi connectivity index (χ1v) is 12.8. The molecule has 10 heteroatoms. The molecular formula is C28H36N4O6. The number of benzene rings is 2.